The standard InChI is InChI=1S/C10H12BrClN2O3S/c11-7-3-9(10(12)13-4-7)18(16,17)14-5-8(15)6-1-2-6/h3-4,6,8,14-15H,1-2,5H2. The zero-order chi connectivity index (χ0) is 13.3. The molecule has 2 rings (SSSR count). The molecule has 18 heavy (non-hydrogen) atoms. The normalized spacial score (nSPS) is 17.7. The molecule has 1 aromatic heterocycles. The van der Waals surface area contributed by atoms with Gasteiger partial charge in [-0.25, -0.2) is 18.1 Å². The fourth-order valence-corrected chi connectivity index (χ4v) is 3.51. The SMILES string of the molecule is O=S(=O)(NCC(O)C1CC1)c1cc(Br)cnc1Cl. The van der Waals surface area contributed by atoms with Gasteiger partial charge in [0.2, 0.25) is 10.0 Å². The average Bonchev–Trinajstić information content (AvgIpc) is 3.13. The van der Waals surface area contributed by atoms with Gasteiger partial charge in [-0.2, -0.15) is 0 Å². The molecule has 0 aromatic carbocycles. The van der Waals surface area contributed by atoms with Gasteiger partial charge in [0.25, 0.3) is 0 Å². The van der Waals surface area contributed by atoms with Crippen LogP contribution in [0.4, 0.5) is 0 Å². The predicted molar refractivity (Wildman–Crippen MR) is 70.9 cm³/mol. The minimum absolute atomic E-state index is 0.00412. The van der Waals surface area contributed by atoms with Crippen molar-refractivity contribution >= 4 is 37.6 Å². The van der Waals surface area contributed by atoms with Gasteiger partial charge in [-0.3, -0.25) is 0 Å². The molecule has 0 amide bonds. The minimum Gasteiger partial charge on any atom is -0.391 e. The highest BCUT2D eigenvalue weighted by atomic mass is 79.9. The van der Waals surface area contributed by atoms with E-state index in [2.05, 4.69) is 25.6 Å². The second-order valence-corrected chi connectivity index (χ2v) is 7.21. The van der Waals surface area contributed by atoms with Crippen LogP contribution in [0.5, 0.6) is 0 Å². The van der Waals surface area contributed by atoms with Crippen molar-refractivity contribution in [3.63, 3.8) is 0 Å². The number of nitrogens with zero attached hydrogens (tertiary/aromatic N) is 1. The topological polar surface area (TPSA) is 79.3 Å². The van der Waals surface area contributed by atoms with Crippen LogP contribution in [0.1, 0.15) is 12.8 Å². The van der Waals surface area contributed by atoms with E-state index in [9.17, 15) is 13.5 Å². The third-order valence-corrected chi connectivity index (χ3v) is 5.00. The van der Waals surface area contributed by atoms with Crippen LogP contribution >= 0.6 is 27.5 Å². The van der Waals surface area contributed by atoms with Crippen LogP contribution in [0, 0.1) is 5.92 Å². The number of nitrogens with one attached hydrogen (secondary N) is 1. The van der Waals surface area contributed by atoms with Gasteiger partial charge in [0, 0.05) is 17.2 Å². The summed E-state index contributed by atoms with van der Waals surface area (Å²) >= 11 is 8.90. The summed E-state index contributed by atoms with van der Waals surface area (Å²) in [7, 11) is -3.75. The van der Waals surface area contributed by atoms with Crippen molar-refractivity contribution in [3.8, 4) is 0 Å². The zero-order valence-electron chi connectivity index (χ0n) is 9.31. The summed E-state index contributed by atoms with van der Waals surface area (Å²) < 4.78 is 26.8. The maximum atomic E-state index is 12.0. The second kappa shape index (κ2) is 5.42. The first-order chi connectivity index (χ1) is 8.40. The number of aromatic nitrogens is 1. The first-order valence-corrected chi connectivity index (χ1v) is 8.04. The fraction of sp³-hybridized carbons (Fsp3) is 0.500. The van der Waals surface area contributed by atoms with Gasteiger partial charge in [0.1, 0.15) is 10.0 Å². The summed E-state index contributed by atoms with van der Waals surface area (Å²) in [4.78, 5) is 3.66. The van der Waals surface area contributed by atoms with Crippen LogP contribution in [0.3, 0.4) is 0 Å². The van der Waals surface area contributed by atoms with E-state index in [1.165, 1.54) is 12.3 Å². The molecular formula is C10H12BrClN2O3S. The predicted octanol–water partition coefficient (Wildman–Crippen LogP) is 1.55. The summed E-state index contributed by atoms with van der Waals surface area (Å²) in [6, 6.07) is 1.38. The molecule has 0 aliphatic heterocycles. The van der Waals surface area contributed by atoms with Crippen LogP contribution in [-0.2, 0) is 10.0 Å². The van der Waals surface area contributed by atoms with E-state index in [1.807, 2.05) is 0 Å². The Hall–Kier alpha value is -0.210. The Morgan fingerprint density at radius 3 is 2.89 bits per heavy atom. The van der Waals surface area contributed by atoms with E-state index in [4.69, 9.17) is 11.6 Å². The molecule has 0 radical (unpaired) electrons. The quantitative estimate of drug-likeness (QED) is 0.785. The number of hydrogen-bond acceptors (Lipinski definition) is 4. The highest BCUT2D eigenvalue weighted by molar-refractivity contribution is 9.10. The molecule has 0 bridgehead atoms. The second-order valence-electron chi connectivity index (χ2n) is 4.20. The maximum Gasteiger partial charge on any atom is 0.243 e. The summed E-state index contributed by atoms with van der Waals surface area (Å²) in [6.45, 7) is -0.00412. The van der Waals surface area contributed by atoms with Gasteiger partial charge in [0.05, 0.1) is 6.10 Å². The number of sulfonamides is 1. The number of rotatable bonds is 5. The minimum atomic E-state index is -3.75. The summed E-state index contributed by atoms with van der Waals surface area (Å²) in [5.74, 6) is 0.212. The summed E-state index contributed by atoms with van der Waals surface area (Å²) in [5.41, 5.74) is 0. The molecular weight excluding hydrogens is 344 g/mol. The van der Waals surface area contributed by atoms with Crippen molar-refractivity contribution in [1.29, 1.82) is 0 Å². The third kappa shape index (κ3) is 3.42. The Balaban J connectivity index is 2.11. The maximum absolute atomic E-state index is 12.0. The number of pyridine rings is 1. The molecule has 1 heterocycles. The third-order valence-electron chi connectivity index (χ3n) is 2.71. The smallest absolute Gasteiger partial charge is 0.243 e. The van der Waals surface area contributed by atoms with Gasteiger partial charge in [0.15, 0.2) is 0 Å². The largest absolute Gasteiger partial charge is 0.391 e. The van der Waals surface area contributed by atoms with Crippen LogP contribution in [0.15, 0.2) is 21.6 Å². The van der Waals surface area contributed by atoms with Crippen molar-refractivity contribution < 1.29 is 13.5 Å². The van der Waals surface area contributed by atoms with E-state index >= 15 is 0 Å². The monoisotopic (exact) mass is 354 g/mol. The Labute approximate surface area is 119 Å². The summed E-state index contributed by atoms with van der Waals surface area (Å²) in [5, 5.41) is 9.55. The van der Waals surface area contributed by atoms with E-state index in [-0.39, 0.29) is 22.5 Å². The highest BCUT2D eigenvalue weighted by Gasteiger charge is 2.31. The lowest BCUT2D eigenvalue weighted by Gasteiger charge is -2.12. The van der Waals surface area contributed by atoms with Crippen molar-refractivity contribution in [2.75, 3.05) is 6.54 Å². The highest BCUT2D eigenvalue weighted by Crippen LogP contribution is 2.32. The van der Waals surface area contributed by atoms with Gasteiger partial charge in [-0.05, 0) is 40.8 Å². The van der Waals surface area contributed by atoms with Gasteiger partial charge < -0.3 is 5.11 Å². The lowest BCUT2D eigenvalue weighted by Crippen LogP contribution is -2.33. The number of halogens is 2. The first kappa shape index (κ1) is 14.2. The van der Waals surface area contributed by atoms with Crippen LogP contribution < -0.4 is 4.72 Å². The fourth-order valence-electron chi connectivity index (χ4n) is 1.51. The number of aliphatic hydroxyl groups excluding tert-OH is 1. The molecule has 1 unspecified atom stereocenters. The molecule has 100 valence electrons. The van der Waals surface area contributed by atoms with E-state index in [0.29, 0.717) is 4.47 Å². The molecule has 0 saturated heterocycles. The summed E-state index contributed by atoms with van der Waals surface area (Å²) in [6.07, 6.45) is 2.67. The molecule has 0 spiro atoms. The Morgan fingerprint density at radius 2 is 2.28 bits per heavy atom. The lowest BCUT2D eigenvalue weighted by molar-refractivity contribution is 0.155. The molecule has 2 N–H and O–H groups in total. The Kier molecular flexibility index (Phi) is 4.28. The van der Waals surface area contributed by atoms with Crippen LogP contribution in [-0.4, -0.2) is 31.2 Å². The van der Waals surface area contributed by atoms with E-state index in [0.717, 1.165) is 12.8 Å². The van der Waals surface area contributed by atoms with Crippen molar-refractivity contribution in [2.24, 2.45) is 5.92 Å². The molecule has 1 aliphatic carbocycles. The van der Waals surface area contributed by atoms with E-state index < -0.39 is 16.1 Å². The van der Waals surface area contributed by atoms with Crippen molar-refractivity contribution in [1.82, 2.24) is 9.71 Å². The van der Waals surface area contributed by atoms with E-state index in [1.54, 1.807) is 0 Å². The number of aliphatic hydroxyl groups is 1. The first-order valence-electron chi connectivity index (χ1n) is 5.39. The van der Waals surface area contributed by atoms with Gasteiger partial charge >= 0.3 is 0 Å². The molecule has 1 saturated carbocycles. The molecule has 1 aliphatic rings. The van der Waals surface area contributed by atoms with Crippen molar-refractivity contribution in [3.05, 3.63) is 21.9 Å². The zero-order valence-corrected chi connectivity index (χ0v) is 12.5. The molecule has 5 nitrogen and oxygen atoms in total. The van der Waals surface area contributed by atoms with Crippen LogP contribution in [0.25, 0.3) is 0 Å². The van der Waals surface area contributed by atoms with Gasteiger partial charge in [-0.1, -0.05) is 11.6 Å². The number of hydrogen-bond donors (Lipinski definition) is 2. The Morgan fingerprint density at radius 1 is 1.61 bits per heavy atom. The molecule has 1 atom stereocenters. The van der Waals surface area contributed by atoms with Crippen LogP contribution in [0.2, 0.25) is 5.15 Å². The Bertz CT molecular complexity index is 548. The average molecular weight is 356 g/mol. The molecule has 8 heteroatoms. The molecule has 1 fully saturated rings. The lowest BCUT2D eigenvalue weighted by atomic mass is 10.2. The van der Waals surface area contributed by atoms with Crippen molar-refractivity contribution in [2.45, 2.75) is 23.8 Å². The van der Waals surface area contributed by atoms with Gasteiger partial charge in [-0.15, -0.1) is 0 Å². The molecule has 1 aromatic rings.